The number of epoxide rings is 1. The zero-order valence-electron chi connectivity index (χ0n) is 18.8. The van der Waals surface area contributed by atoms with Crippen LogP contribution in [0.25, 0.3) is 11.3 Å². The Morgan fingerprint density at radius 1 is 1.11 bits per heavy atom. The highest BCUT2D eigenvalue weighted by molar-refractivity contribution is 5.71. The number of carbonyl (C=O) groups excluding carboxylic acids is 1. The quantitative estimate of drug-likeness (QED) is 0.331. The molecule has 2 fully saturated rings. The molecule has 182 valence electrons. The summed E-state index contributed by atoms with van der Waals surface area (Å²) in [6.07, 6.45) is -4.69. The van der Waals surface area contributed by atoms with Crippen LogP contribution < -0.4 is 0 Å². The predicted octanol–water partition coefficient (Wildman–Crippen LogP) is 5.93. The molecule has 0 N–H and O–H groups in total. The van der Waals surface area contributed by atoms with Gasteiger partial charge in [-0.15, -0.1) is 0 Å². The van der Waals surface area contributed by atoms with Gasteiger partial charge in [-0.05, 0) is 60.9 Å². The summed E-state index contributed by atoms with van der Waals surface area (Å²) in [7, 11) is 0. The minimum absolute atomic E-state index is 0.0830. The Labute approximate surface area is 199 Å². The zero-order chi connectivity index (χ0) is 24.8. The number of rotatable bonds is 5. The summed E-state index contributed by atoms with van der Waals surface area (Å²) in [5, 5.41) is 0. The third-order valence-corrected chi connectivity index (χ3v) is 6.74. The Morgan fingerprint density at radius 3 is 2.37 bits per heavy atom. The molecule has 2 atom stereocenters. The van der Waals surface area contributed by atoms with Crippen LogP contribution in [-0.4, -0.2) is 35.3 Å². The first kappa shape index (κ1) is 23.3. The molecule has 1 aromatic heterocycles. The molecule has 5 rings (SSSR count). The maximum Gasteiger partial charge on any atom is 0.425 e. The number of pyridine rings is 1. The molecule has 1 amide bonds. The lowest BCUT2D eigenvalue weighted by molar-refractivity contribution is -0.188. The molecule has 0 bridgehead atoms. The van der Waals surface area contributed by atoms with E-state index in [0.717, 1.165) is 5.56 Å². The van der Waals surface area contributed by atoms with Crippen LogP contribution >= 0.6 is 0 Å². The second kappa shape index (κ2) is 8.34. The Kier molecular flexibility index (Phi) is 5.55. The minimum atomic E-state index is -4.66. The van der Waals surface area contributed by atoms with Crippen molar-refractivity contribution in [1.29, 1.82) is 0 Å². The van der Waals surface area contributed by atoms with Gasteiger partial charge in [-0.25, -0.2) is 14.2 Å². The molecule has 5 nitrogen and oxygen atoms in total. The van der Waals surface area contributed by atoms with E-state index < -0.39 is 35.8 Å². The van der Waals surface area contributed by atoms with Gasteiger partial charge in [0.15, 0.2) is 0 Å². The first-order chi connectivity index (χ1) is 16.6. The van der Waals surface area contributed by atoms with Crippen molar-refractivity contribution < 1.29 is 31.8 Å². The molecule has 3 heterocycles. The maximum absolute atomic E-state index is 13.9. The lowest BCUT2D eigenvalue weighted by Gasteiger charge is -2.50. The van der Waals surface area contributed by atoms with Crippen LogP contribution in [0.4, 0.5) is 22.4 Å². The molecule has 2 aliphatic heterocycles. The predicted molar refractivity (Wildman–Crippen MR) is 119 cm³/mol. The number of amides is 1. The highest BCUT2D eigenvalue weighted by atomic mass is 19.4. The van der Waals surface area contributed by atoms with Gasteiger partial charge in [0.05, 0.1) is 23.5 Å². The van der Waals surface area contributed by atoms with Crippen molar-refractivity contribution in [2.75, 3.05) is 13.2 Å². The Balaban J connectivity index is 1.49. The van der Waals surface area contributed by atoms with Gasteiger partial charge in [-0.3, -0.25) is 4.90 Å². The summed E-state index contributed by atoms with van der Waals surface area (Å²) in [4.78, 5) is 18.6. The summed E-state index contributed by atoms with van der Waals surface area (Å²) >= 11 is 0. The van der Waals surface area contributed by atoms with Crippen LogP contribution in [0, 0.1) is 5.82 Å². The van der Waals surface area contributed by atoms with Crippen LogP contribution in [0.1, 0.15) is 30.2 Å². The molecule has 2 aliphatic rings. The summed E-state index contributed by atoms with van der Waals surface area (Å²) in [5.41, 5.74) is -1.68. The minimum Gasteiger partial charge on any atom is -0.445 e. The third-order valence-electron chi connectivity index (χ3n) is 6.74. The van der Waals surface area contributed by atoms with Gasteiger partial charge in [-0.1, -0.05) is 30.3 Å². The molecule has 9 heteroatoms. The summed E-state index contributed by atoms with van der Waals surface area (Å²) < 4.78 is 65.4. The second-order valence-electron chi connectivity index (χ2n) is 8.96. The van der Waals surface area contributed by atoms with Gasteiger partial charge >= 0.3 is 12.3 Å². The van der Waals surface area contributed by atoms with E-state index in [1.54, 1.807) is 13.0 Å². The largest absolute Gasteiger partial charge is 0.445 e. The molecule has 0 aliphatic carbocycles. The molecular weight excluding hydrogens is 464 g/mol. The van der Waals surface area contributed by atoms with Gasteiger partial charge in [-0.2, -0.15) is 13.2 Å². The molecule has 2 aromatic carbocycles. The van der Waals surface area contributed by atoms with Crippen molar-refractivity contribution in [1.82, 2.24) is 9.88 Å². The van der Waals surface area contributed by atoms with Gasteiger partial charge in [0.2, 0.25) is 5.60 Å². The molecule has 0 saturated carbocycles. The summed E-state index contributed by atoms with van der Waals surface area (Å²) in [5.74, 6) is -0.472. The van der Waals surface area contributed by atoms with Crippen molar-refractivity contribution >= 4 is 6.09 Å². The molecule has 0 unspecified atom stereocenters. The van der Waals surface area contributed by atoms with Crippen molar-refractivity contribution in [2.45, 2.75) is 37.3 Å². The van der Waals surface area contributed by atoms with Crippen LogP contribution in [0.15, 0.2) is 66.7 Å². The fourth-order valence-electron chi connectivity index (χ4n) is 4.30. The lowest BCUT2D eigenvalue weighted by Crippen LogP contribution is -2.58. The van der Waals surface area contributed by atoms with Gasteiger partial charge in [0.25, 0.3) is 0 Å². The van der Waals surface area contributed by atoms with Gasteiger partial charge < -0.3 is 9.47 Å². The number of likely N-dealkylation sites (tertiary alicyclic amines) is 1. The normalized spacial score (nSPS) is 23.5. The molecule has 35 heavy (non-hydrogen) atoms. The van der Waals surface area contributed by atoms with E-state index in [1.165, 1.54) is 35.2 Å². The van der Waals surface area contributed by atoms with Crippen LogP contribution in [0.2, 0.25) is 0 Å². The SMILES string of the molecule is C[C@@]1(c2cc(-c3ccc(F)cc3)nc([C@]3(C(F)(F)F)CO3)c2)CCN1C(=O)OCc1ccccc1. The lowest BCUT2D eigenvalue weighted by atomic mass is 9.79. The number of alkyl halides is 3. The highest BCUT2D eigenvalue weighted by Crippen LogP contribution is 2.52. The van der Waals surface area contributed by atoms with Crippen LogP contribution in [0.3, 0.4) is 0 Å². The molecule has 0 spiro atoms. The van der Waals surface area contributed by atoms with Crippen molar-refractivity contribution in [3.63, 3.8) is 0 Å². The smallest absolute Gasteiger partial charge is 0.425 e. The number of benzene rings is 2. The Morgan fingerprint density at radius 2 is 1.80 bits per heavy atom. The molecular formula is C26H22F4N2O3. The fraction of sp³-hybridized carbons (Fsp3) is 0.308. The maximum atomic E-state index is 13.9. The number of halogens is 4. The van der Waals surface area contributed by atoms with E-state index in [1.807, 2.05) is 30.3 Å². The van der Waals surface area contributed by atoms with E-state index >= 15 is 0 Å². The van der Waals surface area contributed by atoms with Crippen molar-refractivity contribution in [3.05, 3.63) is 89.4 Å². The number of aromatic nitrogens is 1. The fourth-order valence-corrected chi connectivity index (χ4v) is 4.30. The van der Waals surface area contributed by atoms with E-state index in [4.69, 9.17) is 9.47 Å². The first-order valence-electron chi connectivity index (χ1n) is 11.1. The van der Waals surface area contributed by atoms with Crippen LogP contribution in [0.5, 0.6) is 0 Å². The standard InChI is InChI=1S/C26H22F4N2O3/c1-24(11-12-32(24)23(33)34-15-17-5-3-2-4-6-17)19-13-21(18-7-9-20(27)10-8-18)31-22(14-19)25(16-35-25)26(28,29)30/h2-10,13-14H,11-12,15-16H2,1H3/t24-,25-/m0/s1. The topological polar surface area (TPSA) is 55.0 Å². The van der Waals surface area contributed by atoms with E-state index in [2.05, 4.69) is 4.98 Å². The van der Waals surface area contributed by atoms with Gasteiger partial charge in [0, 0.05) is 12.1 Å². The third kappa shape index (κ3) is 4.14. The molecule has 0 radical (unpaired) electrons. The van der Waals surface area contributed by atoms with Crippen molar-refractivity contribution in [3.8, 4) is 11.3 Å². The monoisotopic (exact) mass is 486 g/mol. The highest BCUT2D eigenvalue weighted by Gasteiger charge is 2.68. The summed E-state index contributed by atoms with van der Waals surface area (Å²) in [6.45, 7) is 1.73. The summed E-state index contributed by atoms with van der Waals surface area (Å²) in [6, 6.07) is 17.5. The second-order valence-corrected chi connectivity index (χ2v) is 8.96. The average Bonchev–Trinajstić information content (AvgIpc) is 3.65. The van der Waals surface area contributed by atoms with Crippen LogP contribution in [-0.2, 0) is 27.2 Å². The molecule has 3 aromatic rings. The number of carbonyl (C=O) groups is 1. The Hall–Kier alpha value is -3.46. The van der Waals surface area contributed by atoms with Gasteiger partial charge in [0.1, 0.15) is 12.4 Å². The zero-order valence-corrected chi connectivity index (χ0v) is 18.8. The number of hydrogen-bond donors (Lipinski definition) is 0. The Bertz CT molecular complexity index is 1240. The average molecular weight is 486 g/mol. The molecule has 2 saturated heterocycles. The van der Waals surface area contributed by atoms with E-state index in [-0.39, 0.29) is 18.0 Å². The first-order valence-corrected chi connectivity index (χ1v) is 11.1. The number of hydrogen-bond acceptors (Lipinski definition) is 4. The number of ether oxygens (including phenoxy) is 2. The van der Waals surface area contributed by atoms with E-state index in [0.29, 0.717) is 24.1 Å². The number of nitrogens with zero attached hydrogens (tertiary/aromatic N) is 2. The van der Waals surface area contributed by atoms with Crippen molar-refractivity contribution in [2.24, 2.45) is 0 Å². The van der Waals surface area contributed by atoms with E-state index in [9.17, 15) is 22.4 Å².